The molecular formula is C27H37N3O2S. The largest absolute Gasteiger partial charge is 0.370 e. The number of hydrogen-bond acceptors (Lipinski definition) is 5. The predicted octanol–water partition coefficient (Wildman–Crippen LogP) is 6.81. The number of Topliss-reactive ketones (excluding diaryl/α,β-unsaturated/α-hetero) is 1. The van der Waals surface area contributed by atoms with Crippen LogP contribution in [0, 0.1) is 5.92 Å². The fourth-order valence-electron chi connectivity index (χ4n) is 5.17. The van der Waals surface area contributed by atoms with E-state index in [1.807, 2.05) is 23.6 Å². The first-order chi connectivity index (χ1) is 16.2. The molecule has 2 aliphatic rings. The number of anilines is 2. The van der Waals surface area contributed by atoms with E-state index in [9.17, 15) is 9.59 Å². The lowest BCUT2D eigenvalue weighted by atomic mass is 9.79. The van der Waals surface area contributed by atoms with Crippen LogP contribution in [0.25, 0.3) is 0 Å². The Morgan fingerprint density at radius 1 is 1.06 bits per heavy atom. The number of carbonyl (C=O) groups is 2. The molecule has 1 saturated carbocycles. The van der Waals surface area contributed by atoms with Crippen molar-refractivity contribution >= 4 is 34.4 Å². The Morgan fingerprint density at radius 2 is 1.82 bits per heavy atom. The Bertz CT molecular complexity index is 927. The minimum atomic E-state index is -0.137. The summed E-state index contributed by atoms with van der Waals surface area (Å²) in [7, 11) is 0. The molecule has 2 heterocycles. The number of ketones is 1. The molecule has 0 bridgehead atoms. The third kappa shape index (κ3) is 6.23. The van der Waals surface area contributed by atoms with E-state index in [1.165, 1.54) is 19.3 Å². The lowest BCUT2D eigenvalue weighted by molar-refractivity contribution is -0.124. The molecule has 0 spiro atoms. The fourth-order valence-corrected chi connectivity index (χ4v) is 6.14. The number of unbranched alkanes of at least 4 members (excludes halogenated alkanes) is 2. The summed E-state index contributed by atoms with van der Waals surface area (Å²) in [6.07, 6.45) is 11.7. The molecule has 1 amide bonds. The van der Waals surface area contributed by atoms with Gasteiger partial charge in [-0.25, -0.2) is 4.98 Å². The Kier molecular flexibility index (Phi) is 8.54. The SMILES string of the molecule is CCCCCC(=O)C1CCC(c2nc(C(=O)Nc3ccccc3N3CCCCC3)cs2)CC1. The van der Waals surface area contributed by atoms with Crippen molar-refractivity contribution in [3.8, 4) is 0 Å². The van der Waals surface area contributed by atoms with Crippen molar-refractivity contribution in [1.29, 1.82) is 0 Å². The maximum Gasteiger partial charge on any atom is 0.275 e. The van der Waals surface area contributed by atoms with Crippen molar-refractivity contribution in [3.05, 3.63) is 40.3 Å². The zero-order valence-electron chi connectivity index (χ0n) is 19.9. The van der Waals surface area contributed by atoms with Gasteiger partial charge in [-0.3, -0.25) is 9.59 Å². The second-order valence-corrected chi connectivity index (χ2v) is 10.5. The average molecular weight is 468 g/mol. The fraction of sp³-hybridized carbons (Fsp3) is 0.593. The molecule has 33 heavy (non-hydrogen) atoms. The Morgan fingerprint density at radius 3 is 2.58 bits per heavy atom. The molecular weight excluding hydrogens is 430 g/mol. The molecule has 1 N–H and O–H groups in total. The van der Waals surface area contributed by atoms with E-state index in [2.05, 4.69) is 23.2 Å². The summed E-state index contributed by atoms with van der Waals surface area (Å²) < 4.78 is 0. The number of para-hydroxylation sites is 2. The van der Waals surface area contributed by atoms with Gasteiger partial charge in [-0.15, -0.1) is 11.3 Å². The van der Waals surface area contributed by atoms with Crippen molar-refractivity contribution in [2.45, 2.75) is 83.5 Å². The van der Waals surface area contributed by atoms with Crippen LogP contribution < -0.4 is 10.2 Å². The number of piperidine rings is 1. The minimum absolute atomic E-state index is 0.137. The number of rotatable bonds is 9. The lowest BCUT2D eigenvalue weighted by Gasteiger charge is -2.30. The second kappa shape index (κ2) is 11.8. The van der Waals surface area contributed by atoms with Crippen LogP contribution in [-0.2, 0) is 4.79 Å². The molecule has 1 aromatic heterocycles. The summed E-state index contributed by atoms with van der Waals surface area (Å²) in [5.41, 5.74) is 2.46. The van der Waals surface area contributed by atoms with Gasteiger partial charge < -0.3 is 10.2 Å². The van der Waals surface area contributed by atoms with E-state index < -0.39 is 0 Å². The third-order valence-electron chi connectivity index (χ3n) is 7.16. The van der Waals surface area contributed by atoms with E-state index in [0.717, 1.165) is 80.8 Å². The summed E-state index contributed by atoms with van der Waals surface area (Å²) in [6, 6.07) is 8.08. The Balaban J connectivity index is 1.33. The van der Waals surface area contributed by atoms with Gasteiger partial charge in [0.1, 0.15) is 11.5 Å². The van der Waals surface area contributed by atoms with Crippen LogP contribution in [0.15, 0.2) is 29.6 Å². The molecule has 0 unspecified atom stereocenters. The number of hydrogen-bond donors (Lipinski definition) is 1. The maximum atomic E-state index is 13.0. The van der Waals surface area contributed by atoms with Gasteiger partial charge in [-0.05, 0) is 63.5 Å². The standard InChI is InChI=1S/C27H37N3O2S/c1-2-3-5-12-25(31)20-13-15-21(16-14-20)27-29-23(19-33-27)26(32)28-22-10-6-7-11-24(22)30-17-8-4-9-18-30/h6-7,10-11,19-21H,2-5,8-9,12-18H2,1H3,(H,28,32). The van der Waals surface area contributed by atoms with Crippen molar-refractivity contribution in [2.24, 2.45) is 5.92 Å². The van der Waals surface area contributed by atoms with Gasteiger partial charge >= 0.3 is 0 Å². The molecule has 1 aromatic carbocycles. The molecule has 1 saturated heterocycles. The topological polar surface area (TPSA) is 62.3 Å². The molecule has 2 fully saturated rings. The first-order valence-corrected chi connectivity index (χ1v) is 13.7. The number of aromatic nitrogens is 1. The molecule has 0 atom stereocenters. The predicted molar refractivity (Wildman–Crippen MR) is 136 cm³/mol. The van der Waals surface area contributed by atoms with Crippen LogP contribution in [0.5, 0.6) is 0 Å². The number of carbonyl (C=O) groups excluding carboxylic acids is 2. The van der Waals surface area contributed by atoms with Gasteiger partial charge in [0.05, 0.1) is 16.4 Å². The van der Waals surface area contributed by atoms with Crippen LogP contribution in [0.4, 0.5) is 11.4 Å². The number of amides is 1. The molecule has 6 heteroatoms. The van der Waals surface area contributed by atoms with Crippen LogP contribution in [-0.4, -0.2) is 29.8 Å². The molecule has 178 valence electrons. The van der Waals surface area contributed by atoms with Crippen molar-refractivity contribution in [3.63, 3.8) is 0 Å². The van der Waals surface area contributed by atoms with Gasteiger partial charge in [0.15, 0.2) is 0 Å². The number of nitrogens with one attached hydrogen (secondary N) is 1. The monoisotopic (exact) mass is 467 g/mol. The van der Waals surface area contributed by atoms with Crippen molar-refractivity contribution in [1.82, 2.24) is 4.98 Å². The number of thiazole rings is 1. The first kappa shape index (κ1) is 23.9. The third-order valence-corrected chi connectivity index (χ3v) is 8.17. The van der Waals surface area contributed by atoms with E-state index >= 15 is 0 Å². The zero-order valence-corrected chi connectivity index (χ0v) is 20.7. The van der Waals surface area contributed by atoms with E-state index in [0.29, 0.717) is 17.4 Å². The maximum absolute atomic E-state index is 13.0. The quantitative estimate of drug-likeness (QED) is 0.412. The van der Waals surface area contributed by atoms with Crippen LogP contribution >= 0.6 is 11.3 Å². The normalized spacial score (nSPS) is 21.1. The van der Waals surface area contributed by atoms with Crippen LogP contribution in [0.1, 0.15) is 99.0 Å². The summed E-state index contributed by atoms with van der Waals surface area (Å²) in [5.74, 6) is 0.916. The number of benzene rings is 1. The Labute approximate surface area is 202 Å². The van der Waals surface area contributed by atoms with Crippen molar-refractivity contribution < 1.29 is 9.59 Å². The summed E-state index contributed by atoms with van der Waals surface area (Å²) in [4.78, 5) is 32.5. The van der Waals surface area contributed by atoms with Crippen LogP contribution in [0.2, 0.25) is 0 Å². The van der Waals surface area contributed by atoms with Gasteiger partial charge in [-0.1, -0.05) is 31.9 Å². The first-order valence-electron chi connectivity index (χ1n) is 12.8. The van der Waals surface area contributed by atoms with E-state index in [-0.39, 0.29) is 11.8 Å². The van der Waals surface area contributed by atoms with E-state index in [4.69, 9.17) is 4.98 Å². The Hall–Kier alpha value is -2.21. The molecule has 1 aliphatic heterocycles. The zero-order chi connectivity index (χ0) is 23.0. The molecule has 2 aromatic rings. The summed E-state index contributed by atoms with van der Waals surface area (Å²) in [6.45, 7) is 4.25. The van der Waals surface area contributed by atoms with Gasteiger partial charge in [0, 0.05) is 36.7 Å². The summed E-state index contributed by atoms with van der Waals surface area (Å²) >= 11 is 1.59. The smallest absolute Gasteiger partial charge is 0.275 e. The van der Waals surface area contributed by atoms with Crippen molar-refractivity contribution in [2.75, 3.05) is 23.3 Å². The van der Waals surface area contributed by atoms with Gasteiger partial charge in [0.25, 0.3) is 5.91 Å². The molecule has 0 radical (unpaired) electrons. The summed E-state index contributed by atoms with van der Waals surface area (Å²) in [5, 5.41) is 6.03. The number of nitrogens with zero attached hydrogens (tertiary/aromatic N) is 2. The molecule has 4 rings (SSSR count). The van der Waals surface area contributed by atoms with Gasteiger partial charge in [-0.2, -0.15) is 0 Å². The molecule has 1 aliphatic carbocycles. The second-order valence-electron chi connectivity index (χ2n) is 9.56. The average Bonchev–Trinajstić information content (AvgIpc) is 3.36. The highest BCUT2D eigenvalue weighted by atomic mass is 32.1. The van der Waals surface area contributed by atoms with Crippen LogP contribution in [0.3, 0.4) is 0 Å². The highest BCUT2D eigenvalue weighted by Crippen LogP contribution is 2.38. The van der Waals surface area contributed by atoms with E-state index in [1.54, 1.807) is 11.3 Å². The highest BCUT2D eigenvalue weighted by molar-refractivity contribution is 7.10. The molecule has 5 nitrogen and oxygen atoms in total. The minimum Gasteiger partial charge on any atom is -0.370 e. The lowest BCUT2D eigenvalue weighted by Crippen LogP contribution is -2.30. The van der Waals surface area contributed by atoms with Gasteiger partial charge in [0.2, 0.25) is 0 Å². The highest BCUT2D eigenvalue weighted by Gasteiger charge is 2.28.